The fraction of sp³-hybridized carbons (Fsp3) is 0.486. The third-order valence-corrected chi connectivity index (χ3v) is 7.20. The first-order valence-electron chi connectivity index (χ1n) is 14.8. The van der Waals surface area contributed by atoms with Gasteiger partial charge in [-0.2, -0.15) is 0 Å². The quantitative estimate of drug-likeness (QED) is 0.120. The number of para-hydroxylation sites is 1. The summed E-state index contributed by atoms with van der Waals surface area (Å²) >= 11 is 0. The van der Waals surface area contributed by atoms with E-state index in [2.05, 4.69) is 98.8 Å². The van der Waals surface area contributed by atoms with Crippen LogP contribution in [-0.2, 0) is 10.3 Å². The molecule has 0 radical (unpaired) electrons. The Morgan fingerprint density at radius 2 is 0.946 bits per heavy atom. The maximum absolute atomic E-state index is 7.03. The van der Waals surface area contributed by atoms with Gasteiger partial charge in [0.2, 0.25) is 0 Å². The molecule has 0 fully saturated rings. The molecule has 2 heteroatoms. The molecule has 200 valence electrons. The fourth-order valence-corrected chi connectivity index (χ4v) is 5.12. The van der Waals surface area contributed by atoms with Crippen LogP contribution in [0.5, 0.6) is 5.75 Å². The van der Waals surface area contributed by atoms with Gasteiger partial charge in [0.15, 0.2) is 0 Å². The van der Waals surface area contributed by atoms with Gasteiger partial charge in [0, 0.05) is 12.2 Å². The van der Waals surface area contributed by atoms with E-state index in [0.717, 1.165) is 41.9 Å². The van der Waals surface area contributed by atoms with Crippen molar-refractivity contribution in [3.63, 3.8) is 0 Å². The van der Waals surface area contributed by atoms with Crippen molar-refractivity contribution in [1.29, 1.82) is 0 Å². The minimum atomic E-state index is -0.719. The van der Waals surface area contributed by atoms with Gasteiger partial charge in [0.1, 0.15) is 11.4 Å². The zero-order valence-corrected chi connectivity index (χ0v) is 23.3. The van der Waals surface area contributed by atoms with Crippen LogP contribution in [0.3, 0.4) is 0 Å². The molecule has 0 aliphatic carbocycles. The second-order valence-corrected chi connectivity index (χ2v) is 10.1. The first kappa shape index (κ1) is 29.0. The van der Waals surface area contributed by atoms with Crippen LogP contribution in [0, 0.1) is 0 Å². The van der Waals surface area contributed by atoms with E-state index < -0.39 is 5.60 Å². The van der Waals surface area contributed by atoms with E-state index in [1.165, 1.54) is 64.2 Å². The van der Waals surface area contributed by atoms with Gasteiger partial charge in [0.25, 0.3) is 0 Å². The first-order chi connectivity index (χ1) is 18.3. The predicted molar refractivity (Wildman–Crippen MR) is 157 cm³/mol. The van der Waals surface area contributed by atoms with Crippen LogP contribution in [0.1, 0.15) is 108 Å². The van der Waals surface area contributed by atoms with Crippen molar-refractivity contribution in [2.45, 2.75) is 96.5 Å². The standard InChI is InChI=1S/C35H48O2/c1-3-5-7-9-11-21-29-36-34-28-20-19-27-33(34)35(31-23-15-13-16-24-31,32-25-17-14-18-26-32)37-30-22-12-10-8-6-4-2/h13-20,23-28H,3-12,21-22,29-30H2,1-2H3. The number of ether oxygens (including phenoxy) is 2. The number of rotatable bonds is 19. The Balaban J connectivity index is 1.87. The van der Waals surface area contributed by atoms with E-state index in [1.54, 1.807) is 0 Å². The summed E-state index contributed by atoms with van der Waals surface area (Å²) in [6, 6.07) is 29.9. The largest absolute Gasteiger partial charge is 0.493 e. The Kier molecular flexibility index (Phi) is 13.3. The molecule has 0 aliphatic heterocycles. The van der Waals surface area contributed by atoms with Crippen molar-refractivity contribution in [1.82, 2.24) is 0 Å². The number of hydrogen-bond acceptors (Lipinski definition) is 2. The molecule has 0 bridgehead atoms. The van der Waals surface area contributed by atoms with Crippen molar-refractivity contribution in [2.24, 2.45) is 0 Å². The van der Waals surface area contributed by atoms with Crippen LogP contribution in [0.2, 0.25) is 0 Å². The maximum atomic E-state index is 7.03. The average molecular weight is 501 g/mol. The monoisotopic (exact) mass is 500 g/mol. The highest BCUT2D eigenvalue weighted by Gasteiger charge is 2.39. The summed E-state index contributed by atoms with van der Waals surface area (Å²) in [5, 5.41) is 0. The molecule has 37 heavy (non-hydrogen) atoms. The van der Waals surface area contributed by atoms with Gasteiger partial charge in [0.05, 0.1) is 6.61 Å². The fourth-order valence-electron chi connectivity index (χ4n) is 5.12. The van der Waals surface area contributed by atoms with Crippen LogP contribution in [0.4, 0.5) is 0 Å². The third-order valence-electron chi connectivity index (χ3n) is 7.20. The molecule has 3 rings (SSSR count). The second kappa shape index (κ2) is 17.0. The number of unbranched alkanes of at least 4 members (excludes halogenated alkanes) is 10. The van der Waals surface area contributed by atoms with E-state index in [-0.39, 0.29) is 0 Å². The average Bonchev–Trinajstić information content (AvgIpc) is 2.95. The van der Waals surface area contributed by atoms with Crippen LogP contribution in [-0.4, -0.2) is 13.2 Å². The molecule has 0 aliphatic rings. The minimum Gasteiger partial charge on any atom is -0.493 e. The molecule has 0 atom stereocenters. The lowest BCUT2D eigenvalue weighted by molar-refractivity contribution is 0.00867. The topological polar surface area (TPSA) is 18.5 Å². The lowest BCUT2D eigenvalue weighted by atomic mass is 9.79. The minimum absolute atomic E-state index is 0.710. The number of benzene rings is 3. The third kappa shape index (κ3) is 8.75. The van der Waals surface area contributed by atoms with Crippen molar-refractivity contribution >= 4 is 0 Å². The SMILES string of the molecule is CCCCCCCCOc1ccccc1C(OCCCCCCCC)(c1ccccc1)c1ccccc1. The van der Waals surface area contributed by atoms with Crippen molar-refractivity contribution < 1.29 is 9.47 Å². The molecular formula is C35H48O2. The summed E-state index contributed by atoms with van der Waals surface area (Å²) in [6.45, 7) is 5.98. The van der Waals surface area contributed by atoms with Crippen molar-refractivity contribution in [2.75, 3.05) is 13.2 Å². The molecule has 0 aromatic heterocycles. The van der Waals surface area contributed by atoms with E-state index in [4.69, 9.17) is 9.47 Å². The van der Waals surface area contributed by atoms with Crippen molar-refractivity contribution in [3.05, 3.63) is 102 Å². The lowest BCUT2D eigenvalue weighted by Gasteiger charge is -2.37. The Hall–Kier alpha value is -2.58. The zero-order chi connectivity index (χ0) is 26.0. The Morgan fingerprint density at radius 3 is 1.51 bits per heavy atom. The van der Waals surface area contributed by atoms with Crippen LogP contribution in [0.25, 0.3) is 0 Å². The van der Waals surface area contributed by atoms with Gasteiger partial charge in [-0.1, -0.05) is 157 Å². The van der Waals surface area contributed by atoms with Gasteiger partial charge in [-0.15, -0.1) is 0 Å². The number of hydrogen-bond donors (Lipinski definition) is 0. The molecule has 0 amide bonds. The summed E-state index contributed by atoms with van der Waals surface area (Å²) in [5.41, 5.74) is 2.65. The Labute approximate surface area is 226 Å². The molecule has 3 aromatic carbocycles. The molecule has 3 aromatic rings. The summed E-state index contributed by atoms with van der Waals surface area (Å²) in [7, 11) is 0. The van der Waals surface area contributed by atoms with E-state index >= 15 is 0 Å². The molecule has 0 unspecified atom stereocenters. The molecule has 0 saturated heterocycles. The van der Waals surface area contributed by atoms with Crippen LogP contribution < -0.4 is 4.74 Å². The molecule has 0 spiro atoms. The van der Waals surface area contributed by atoms with Gasteiger partial charge in [-0.05, 0) is 30.0 Å². The van der Waals surface area contributed by atoms with Crippen LogP contribution in [0.15, 0.2) is 84.9 Å². The zero-order valence-electron chi connectivity index (χ0n) is 23.3. The predicted octanol–water partition coefficient (Wildman–Crippen LogP) is 10.1. The highest BCUT2D eigenvalue weighted by molar-refractivity contribution is 5.52. The first-order valence-corrected chi connectivity index (χ1v) is 14.8. The Morgan fingerprint density at radius 1 is 0.486 bits per heavy atom. The summed E-state index contributed by atoms with van der Waals surface area (Å²) in [5.74, 6) is 0.923. The van der Waals surface area contributed by atoms with Gasteiger partial charge < -0.3 is 9.47 Å². The smallest absolute Gasteiger partial charge is 0.147 e. The van der Waals surface area contributed by atoms with E-state index in [0.29, 0.717) is 6.61 Å². The van der Waals surface area contributed by atoms with Gasteiger partial charge >= 0.3 is 0 Å². The van der Waals surface area contributed by atoms with E-state index in [1.807, 2.05) is 0 Å². The molecule has 0 N–H and O–H groups in total. The maximum Gasteiger partial charge on any atom is 0.147 e. The second-order valence-electron chi connectivity index (χ2n) is 10.1. The summed E-state index contributed by atoms with van der Waals surface area (Å²) in [6.07, 6.45) is 15.0. The molecule has 0 saturated carbocycles. The highest BCUT2D eigenvalue weighted by Crippen LogP contribution is 2.44. The molecule has 0 heterocycles. The highest BCUT2D eigenvalue weighted by atomic mass is 16.5. The normalized spacial score (nSPS) is 11.5. The van der Waals surface area contributed by atoms with E-state index in [9.17, 15) is 0 Å². The van der Waals surface area contributed by atoms with Gasteiger partial charge in [-0.3, -0.25) is 0 Å². The van der Waals surface area contributed by atoms with Gasteiger partial charge in [-0.25, -0.2) is 0 Å². The molecule has 2 nitrogen and oxygen atoms in total. The summed E-state index contributed by atoms with van der Waals surface area (Å²) < 4.78 is 13.5. The summed E-state index contributed by atoms with van der Waals surface area (Å²) in [4.78, 5) is 0. The lowest BCUT2D eigenvalue weighted by Crippen LogP contribution is -2.34. The van der Waals surface area contributed by atoms with Crippen molar-refractivity contribution in [3.8, 4) is 5.75 Å². The van der Waals surface area contributed by atoms with Crippen LogP contribution >= 0.6 is 0 Å². The Bertz CT molecular complexity index is 927. The molecular weight excluding hydrogens is 452 g/mol.